The van der Waals surface area contributed by atoms with Crippen molar-refractivity contribution in [1.82, 2.24) is 0 Å². The topological polar surface area (TPSA) is 46.5 Å². The first-order chi connectivity index (χ1) is 7.50. The van der Waals surface area contributed by atoms with Crippen LogP contribution in [0, 0.1) is 0 Å². The summed E-state index contributed by atoms with van der Waals surface area (Å²) in [6.45, 7) is -2.98. The molecule has 0 saturated heterocycles. The third-order valence-electron chi connectivity index (χ3n) is 1.61. The fourth-order valence-electron chi connectivity index (χ4n) is 1.00. The Morgan fingerprint density at radius 1 is 1.50 bits per heavy atom. The molecule has 1 aromatic rings. The number of rotatable bonds is 4. The summed E-state index contributed by atoms with van der Waals surface area (Å²) < 4.78 is 28.1. The third kappa shape index (κ3) is 3.51. The van der Waals surface area contributed by atoms with E-state index in [1.165, 1.54) is 24.3 Å². The van der Waals surface area contributed by atoms with Crippen molar-refractivity contribution in [2.45, 2.75) is 6.61 Å². The van der Waals surface area contributed by atoms with Crippen molar-refractivity contribution in [2.75, 3.05) is 0 Å². The van der Waals surface area contributed by atoms with Gasteiger partial charge >= 0.3 is 12.6 Å². The zero-order valence-electron chi connectivity index (χ0n) is 7.86. The van der Waals surface area contributed by atoms with Gasteiger partial charge in [0.05, 0.1) is 5.02 Å². The van der Waals surface area contributed by atoms with E-state index >= 15 is 0 Å². The molecule has 6 heteroatoms. The Kier molecular flexibility index (Phi) is 4.25. The van der Waals surface area contributed by atoms with E-state index in [0.717, 1.165) is 6.08 Å². The van der Waals surface area contributed by atoms with E-state index < -0.39 is 12.6 Å². The molecule has 0 aliphatic rings. The van der Waals surface area contributed by atoms with Gasteiger partial charge in [-0.1, -0.05) is 23.7 Å². The molecule has 0 bridgehead atoms. The van der Waals surface area contributed by atoms with Gasteiger partial charge in [-0.3, -0.25) is 0 Å². The fourth-order valence-corrected chi connectivity index (χ4v) is 1.24. The monoisotopic (exact) mass is 248 g/mol. The van der Waals surface area contributed by atoms with Crippen molar-refractivity contribution in [3.63, 3.8) is 0 Å². The number of alkyl halides is 2. The van der Waals surface area contributed by atoms with Crippen molar-refractivity contribution < 1.29 is 23.4 Å². The Bertz CT molecular complexity index is 419. The number of carboxylic acids is 1. The zero-order valence-corrected chi connectivity index (χ0v) is 8.62. The molecular weight excluding hydrogens is 242 g/mol. The van der Waals surface area contributed by atoms with Crippen molar-refractivity contribution in [3.8, 4) is 5.75 Å². The minimum absolute atomic E-state index is 0.0553. The standard InChI is InChI=1S/C10H7ClF2O3/c11-9-6(4-5-8(14)15)2-1-3-7(9)16-10(12)13/h1-5,10H,(H,14,15)/b5-4+. The van der Waals surface area contributed by atoms with Crippen molar-refractivity contribution in [1.29, 1.82) is 0 Å². The minimum Gasteiger partial charge on any atom is -0.478 e. The Balaban J connectivity index is 2.99. The Morgan fingerprint density at radius 2 is 2.19 bits per heavy atom. The minimum atomic E-state index is -2.98. The van der Waals surface area contributed by atoms with Crippen molar-refractivity contribution in [3.05, 3.63) is 34.9 Å². The molecule has 1 N–H and O–H groups in total. The Morgan fingerprint density at radius 3 is 2.75 bits per heavy atom. The van der Waals surface area contributed by atoms with Gasteiger partial charge in [0.2, 0.25) is 0 Å². The van der Waals surface area contributed by atoms with Gasteiger partial charge in [-0.15, -0.1) is 0 Å². The van der Waals surface area contributed by atoms with Crippen LogP contribution < -0.4 is 4.74 Å². The molecule has 1 aromatic carbocycles. The highest BCUT2D eigenvalue weighted by atomic mass is 35.5. The maximum absolute atomic E-state index is 12.0. The number of aliphatic carboxylic acids is 1. The predicted octanol–water partition coefficient (Wildman–Crippen LogP) is 3.04. The number of ether oxygens (including phenoxy) is 1. The molecule has 0 aliphatic heterocycles. The van der Waals surface area contributed by atoms with Gasteiger partial charge in [-0.2, -0.15) is 8.78 Å². The summed E-state index contributed by atoms with van der Waals surface area (Å²) in [6, 6.07) is 4.19. The second-order valence-corrected chi connectivity index (χ2v) is 3.09. The van der Waals surface area contributed by atoms with Crippen LogP contribution in [-0.2, 0) is 4.79 Å². The highest BCUT2D eigenvalue weighted by Gasteiger charge is 2.10. The highest BCUT2D eigenvalue weighted by molar-refractivity contribution is 6.33. The van der Waals surface area contributed by atoms with Crippen LogP contribution in [0.5, 0.6) is 5.75 Å². The molecule has 0 radical (unpaired) electrons. The number of hydrogen-bond donors (Lipinski definition) is 1. The first kappa shape index (κ1) is 12.4. The quantitative estimate of drug-likeness (QED) is 0.833. The van der Waals surface area contributed by atoms with Gasteiger partial charge in [-0.25, -0.2) is 4.79 Å². The second kappa shape index (κ2) is 5.46. The number of hydrogen-bond acceptors (Lipinski definition) is 2. The van der Waals surface area contributed by atoms with E-state index in [0.29, 0.717) is 5.56 Å². The van der Waals surface area contributed by atoms with E-state index in [1.54, 1.807) is 0 Å². The van der Waals surface area contributed by atoms with Crippen LogP contribution in [0.3, 0.4) is 0 Å². The smallest absolute Gasteiger partial charge is 0.387 e. The fraction of sp³-hybridized carbons (Fsp3) is 0.100. The Labute approximate surface area is 94.9 Å². The lowest BCUT2D eigenvalue weighted by Crippen LogP contribution is -2.02. The second-order valence-electron chi connectivity index (χ2n) is 2.71. The van der Waals surface area contributed by atoms with E-state index in [4.69, 9.17) is 16.7 Å². The first-order valence-corrected chi connectivity index (χ1v) is 4.53. The van der Waals surface area contributed by atoms with Crippen LogP contribution in [-0.4, -0.2) is 17.7 Å². The van der Waals surface area contributed by atoms with Crippen LogP contribution in [0.25, 0.3) is 6.08 Å². The van der Waals surface area contributed by atoms with Gasteiger partial charge in [-0.05, 0) is 17.7 Å². The van der Waals surface area contributed by atoms with Crippen molar-refractivity contribution >= 4 is 23.6 Å². The molecule has 0 atom stereocenters. The lowest BCUT2D eigenvalue weighted by atomic mass is 10.2. The molecule has 0 unspecified atom stereocenters. The molecule has 0 saturated carbocycles. The molecule has 16 heavy (non-hydrogen) atoms. The normalized spacial score (nSPS) is 11.0. The molecule has 0 aliphatic carbocycles. The summed E-state index contributed by atoms with van der Waals surface area (Å²) in [5.74, 6) is -1.35. The summed E-state index contributed by atoms with van der Waals surface area (Å²) in [6.07, 6.45) is 2.05. The summed E-state index contributed by atoms with van der Waals surface area (Å²) in [4.78, 5) is 10.3. The SMILES string of the molecule is O=C(O)/C=C/c1cccc(OC(F)F)c1Cl. The van der Waals surface area contributed by atoms with Gasteiger partial charge < -0.3 is 9.84 Å². The number of carbonyl (C=O) groups is 1. The van der Waals surface area contributed by atoms with Crippen LogP contribution in [0.2, 0.25) is 5.02 Å². The van der Waals surface area contributed by atoms with E-state index in [1.807, 2.05) is 0 Å². The molecule has 86 valence electrons. The largest absolute Gasteiger partial charge is 0.478 e. The van der Waals surface area contributed by atoms with Crippen LogP contribution in [0.1, 0.15) is 5.56 Å². The van der Waals surface area contributed by atoms with E-state index in [-0.39, 0.29) is 10.8 Å². The number of carboxylic acid groups (broad SMARTS) is 1. The van der Waals surface area contributed by atoms with Gasteiger partial charge in [0.25, 0.3) is 0 Å². The average molecular weight is 249 g/mol. The molecule has 0 heterocycles. The average Bonchev–Trinajstić information content (AvgIpc) is 2.18. The summed E-state index contributed by atoms with van der Waals surface area (Å²) in [7, 11) is 0. The predicted molar refractivity (Wildman–Crippen MR) is 54.8 cm³/mol. The first-order valence-electron chi connectivity index (χ1n) is 4.15. The molecule has 0 amide bonds. The third-order valence-corrected chi connectivity index (χ3v) is 2.02. The van der Waals surface area contributed by atoms with Crippen molar-refractivity contribution in [2.24, 2.45) is 0 Å². The van der Waals surface area contributed by atoms with Gasteiger partial charge in [0.1, 0.15) is 5.75 Å². The van der Waals surface area contributed by atoms with Gasteiger partial charge in [0, 0.05) is 6.08 Å². The summed E-state index contributed by atoms with van der Waals surface area (Å²) in [5.41, 5.74) is 0.294. The molecule has 0 aromatic heterocycles. The summed E-state index contributed by atoms with van der Waals surface area (Å²) >= 11 is 5.73. The van der Waals surface area contributed by atoms with Gasteiger partial charge in [0.15, 0.2) is 0 Å². The van der Waals surface area contributed by atoms with E-state index in [2.05, 4.69) is 4.74 Å². The van der Waals surface area contributed by atoms with Crippen LogP contribution in [0.4, 0.5) is 8.78 Å². The zero-order chi connectivity index (χ0) is 12.1. The maximum atomic E-state index is 12.0. The molecule has 0 fully saturated rings. The Hall–Kier alpha value is -1.62. The molecular formula is C10H7ClF2O3. The number of halogens is 3. The maximum Gasteiger partial charge on any atom is 0.387 e. The molecule has 1 rings (SSSR count). The summed E-state index contributed by atoms with van der Waals surface area (Å²) in [5, 5.41) is 8.34. The lowest BCUT2D eigenvalue weighted by molar-refractivity contribution is -0.131. The van der Waals surface area contributed by atoms with Crippen LogP contribution >= 0.6 is 11.6 Å². The number of benzene rings is 1. The molecule has 3 nitrogen and oxygen atoms in total. The highest BCUT2D eigenvalue weighted by Crippen LogP contribution is 2.30. The van der Waals surface area contributed by atoms with E-state index in [9.17, 15) is 13.6 Å². The van der Waals surface area contributed by atoms with Crippen LogP contribution in [0.15, 0.2) is 24.3 Å². The molecule has 0 spiro atoms. The lowest BCUT2D eigenvalue weighted by Gasteiger charge is -2.07.